The number of nitrogens with one attached hydrogen (secondary N) is 2. The molecule has 0 bridgehead atoms. The van der Waals surface area contributed by atoms with Crippen molar-refractivity contribution in [2.75, 3.05) is 30.5 Å². The lowest BCUT2D eigenvalue weighted by Gasteiger charge is -2.20. The van der Waals surface area contributed by atoms with Crippen LogP contribution < -0.4 is 15.5 Å². The van der Waals surface area contributed by atoms with Crippen molar-refractivity contribution in [3.63, 3.8) is 0 Å². The molecule has 0 unspecified atom stereocenters. The maximum atomic E-state index is 13.2. The Morgan fingerprint density at radius 2 is 2.00 bits per heavy atom. The predicted octanol–water partition coefficient (Wildman–Crippen LogP) is 4.77. The van der Waals surface area contributed by atoms with E-state index in [0.29, 0.717) is 17.1 Å². The number of alkyl halides is 2. The van der Waals surface area contributed by atoms with Gasteiger partial charge in [-0.1, -0.05) is 23.7 Å². The molecule has 11 heteroatoms. The smallest absolute Gasteiger partial charge is 0.319 e. The number of amides is 3. The molecule has 176 valence electrons. The highest BCUT2D eigenvalue weighted by atomic mass is 35.5. The first-order valence-electron chi connectivity index (χ1n) is 9.80. The second-order valence-electron chi connectivity index (χ2n) is 6.78. The van der Waals surface area contributed by atoms with Gasteiger partial charge in [-0.25, -0.2) is 13.6 Å². The molecule has 0 heterocycles. The molecule has 0 saturated carbocycles. The minimum atomic E-state index is -2.66. The van der Waals surface area contributed by atoms with Crippen molar-refractivity contribution in [3.05, 3.63) is 53.1 Å². The van der Waals surface area contributed by atoms with Crippen molar-refractivity contribution in [2.45, 2.75) is 19.5 Å². The number of benzene rings is 2. The summed E-state index contributed by atoms with van der Waals surface area (Å²) in [6.07, 6.45) is -1.50. The van der Waals surface area contributed by atoms with E-state index < -0.39 is 24.9 Å². The third-order valence-corrected chi connectivity index (χ3v) is 4.59. The third-order valence-electron chi connectivity index (χ3n) is 4.27. The van der Waals surface area contributed by atoms with Gasteiger partial charge in [-0.3, -0.25) is 14.8 Å². The zero-order valence-electron chi connectivity index (χ0n) is 18.1. The van der Waals surface area contributed by atoms with Crippen LogP contribution in [0.4, 0.5) is 30.6 Å². The Kier molecular flexibility index (Phi) is 9.89. The quantitative estimate of drug-likeness (QED) is 0.480. The van der Waals surface area contributed by atoms with Gasteiger partial charge in [0.1, 0.15) is 6.73 Å². The van der Waals surface area contributed by atoms with Gasteiger partial charge in [0, 0.05) is 24.6 Å². The number of ether oxygens (including phenoxy) is 1. The lowest BCUT2D eigenvalue weighted by molar-refractivity contribution is 0.0993. The molecule has 1 atom stereocenters. The monoisotopic (exact) mass is 479 g/mol. The predicted molar refractivity (Wildman–Crippen MR) is 127 cm³/mol. The molecule has 33 heavy (non-hydrogen) atoms. The van der Waals surface area contributed by atoms with Crippen LogP contribution in [0.25, 0.3) is 0 Å². The van der Waals surface area contributed by atoms with Gasteiger partial charge in [0.25, 0.3) is 12.3 Å². The minimum absolute atomic E-state index is 0.113. The number of urea groups is 1. The van der Waals surface area contributed by atoms with Crippen LogP contribution in [0.5, 0.6) is 0 Å². The molecule has 2 aromatic carbocycles. The minimum Gasteiger partial charge on any atom is -0.351 e. The number of carbonyl (C=O) groups is 2. The first-order valence-corrected chi connectivity index (χ1v) is 10.2. The average Bonchev–Trinajstić information content (AvgIpc) is 2.79. The summed E-state index contributed by atoms with van der Waals surface area (Å²) in [4.78, 5) is 34.3. The summed E-state index contributed by atoms with van der Waals surface area (Å²) in [6, 6.07) is 10.5. The molecule has 0 fully saturated rings. The number of nitrogens with zero attached hydrogens (tertiary/aromatic N) is 3. The summed E-state index contributed by atoms with van der Waals surface area (Å²) in [5.41, 5.74) is 1.29. The van der Waals surface area contributed by atoms with Gasteiger partial charge in [0.2, 0.25) is 0 Å². The van der Waals surface area contributed by atoms with Gasteiger partial charge in [0.05, 0.1) is 28.9 Å². The van der Waals surface area contributed by atoms with Crippen LogP contribution in [0.2, 0.25) is 5.02 Å². The Bertz CT molecular complexity index is 1020. The fourth-order valence-corrected chi connectivity index (χ4v) is 2.90. The Morgan fingerprint density at radius 1 is 1.27 bits per heavy atom. The standard InChI is InChI=1S/C22H24ClF2N5O3/c1-14(33-13-26-2)11-27-18-9-5-8-17(23)20(18)21(31)30(3)16-7-4-6-15(10-16)29-22(32)28-12-19(24)25/h4-11,14,19H,2,12-13H2,1,3H3,(H2,28,29,32)/t14-/m0/s1. The molecule has 2 aromatic rings. The van der Waals surface area contributed by atoms with Gasteiger partial charge in [-0.15, -0.1) is 0 Å². The summed E-state index contributed by atoms with van der Waals surface area (Å²) in [5.74, 6) is -0.437. The summed E-state index contributed by atoms with van der Waals surface area (Å²) < 4.78 is 29.9. The molecular weight excluding hydrogens is 456 g/mol. The van der Waals surface area contributed by atoms with Crippen LogP contribution in [-0.4, -0.2) is 57.7 Å². The van der Waals surface area contributed by atoms with E-state index in [4.69, 9.17) is 16.3 Å². The highest BCUT2D eigenvalue weighted by molar-refractivity contribution is 6.35. The van der Waals surface area contributed by atoms with E-state index in [-0.39, 0.29) is 23.4 Å². The second-order valence-corrected chi connectivity index (χ2v) is 7.18. The summed E-state index contributed by atoms with van der Waals surface area (Å²) in [6.45, 7) is 4.45. The van der Waals surface area contributed by atoms with Gasteiger partial charge >= 0.3 is 6.03 Å². The molecule has 0 aliphatic carbocycles. The zero-order chi connectivity index (χ0) is 24.4. The first-order chi connectivity index (χ1) is 15.7. The van der Waals surface area contributed by atoms with Gasteiger partial charge in [-0.2, -0.15) is 0 Å². The summed E-state index contributed by atoms with van der Waals surface area (Å²) in [5, 5.41) is 4.70. The Labute approximate surface area is 195 Å². The van der Waals surface area contributed by atoms with Crippen molar-refractivity contribution in [3.8, 4) is 0 Å². The molecule has 0 spiro atoms. The molecule has 2 rings (SSSR count). The Hall–Kier alpha value is -3.37. The van der Waals surface area contributed by atoms with Crippen LogP contribution in [0.1, 0.15) is 17.3 Å². The van der Waals surface area contributed by atoms with E-state index in [1.54, 1.807) is 43.3 Å². The molecular formula is C22H24ClF2N5O3. The number of rotatable bonds is 10. The molecule has 0 saturated heterocycles. The maximum absolute atomic E-state index is 13.2. The normalized spacial score (nSPS) is 11.9. The molecule has 0 aliphatic rings. The number of hydrogen-bond acceptors (Lipinski definition) is 5. The van der Waals surface area contributed by atoms with E-state index >= 15 is 0 Å². The van der Waals surface area contributed by atoms with Gasteiger partial charge < -0.3 is 20.3 Å². The largest absolute Gasteiger partial charge is 0.351 e. The first kappa shape index (κ1) is 25.9. The molecule has 2 N–H and O–H groups in total. The van der Waals surface area contributed by atoms with Crippen molar-refractivity contribution in [1.29, 1.82) is 0 Å². The summed E-state index contributed by atoms with van der Waals surface area (Å²) >= 11 is 6.31. The van der Waals surface area contributed by atoms with E-state index in [1.165, 1.54) is 24.2 Å². The van der Waals surface area contributed by atoms with Crippen molar-refractivity contribution < 1.29 is 23.1 Å². The fourth-order valence-electron chi connectivity index (χ4n) is 2.65. The van der Waals surface area contributed by atoms with Crippen molar-refractivity contribution in [2.24, 2.45) is 9.98 Å². The number of aliphatic imine (C=N–C) groups is 2. The highest BCUT2D eigenvalue weighted by Gasteiger charge is 2.21. The van der Waals surface area contributed by atoms with Crippen molar-refractivity contribution in [1.82, 2.24) is 5.32 Å². The lowest BCUT2D eigenvalue weighted by atomic mass is 10.1. The molecule has 0 aromatic heterocycles. The fraction of sp³-hybridized carbons (Fsp3) is 0.273. The van der Waals surface area contributed by atoms with Crippen molar-refractivity contribution >= 4 is 53.5 Å². The molecule has 0 aliphatic heterocycles. The second kappa shape index (κ2) is 12.6. The zero-order valence-corrected chi connectivity index (χ0v) is 18.9. The number of anilines is 2. The van der Waals surface area contributed by atoms with Crippen LogP contribution >= 0.6 is 11.6 Å². The number of carbonyl (C=O) groups excluding carboxylic acids is 2. The average molecular weight is 480 g/mol. The van der Waals surface area contributed by atoms with Crippen LogP contribution in [0, 0.1) is 0 Å². The van der Waals surface area contributed by atoms with Gasteiger partial charge in [0.15, 0.2) is 0 Å². The van der Waals surface area contributed by atoms with E-state index in [1.807, 2.05) is 5.32 Å². The topological polar surface area (TPSA) is 95.4 Å². The molecule has 3 amide bonds. The highest BCUT2D eigenvalue weighted by Crippen LogP contribution is 2.30. The Balaban J connectivity index is 2.22. The lowest BCUT2D eigenvalue weighted by Crippen LogP contribution is -2.32. The van der Waals surface area contributed by atoms with Crippen LogP contribution in [-0.2, 0) is 4.74 Å². The maximum Gasteiger partial charge on any atom is 0.319 e. The summed E-state index contributed by atoms with van der Waals surface area (Å²) in [7, 11) is 1.54. The van der Waals surface area contributed by atoms with E-state index in [0.717, 1.165) is 0 Å². The van der Waals surface area contributed by atoms with E-state index in [9.17, 15) is 18.4 Å². The van der Waals surface area contributed by atoms with Crippen LogP contribution in [0.3, 0.4) is 0 Å². The number of hydrogen-bond donors (Lipinski definition) is 2. The van der Waals surface area contributed by atoms with E-state index in [2.05, 4.69) is 22.0 Å². The third kappa shape index (κ3) is 7.92. The van der Waals surface area contributed by atoms with Crippen LogP contribution in [0.15, 0.2) is 52.4 Å². The SMILES string of the molecule is C=NCO[C@@H](C)C=Nc1cccc(Cl)c1C(=O)N(C)c1cccc(NC(=O)NCC(F)F)c1. The molecule has 0 radical (unpaired) electrons. The molecule has 8 nitrogen and oxygen atoms in total. The Morgan fingerprint density at radius 3 is 2.70 bits per heavy atom. The van der Waals surface area contributed by atoms with Gasteiger partial charge in [-0.05, 0) is 44.0 Å². The number of halogens is 3.